The molecule has 28 heavy (non-hydrogen) atoms. The van der Waals surface area contributed by atoms with Crippen molar-refractivity contribution in [1.29, 1.82) is 0 Å². The summed E-state index contributed by atoms with van der Waals surface area (Å²) in [5.74, 6) is 1.30. The topological polar surface area (TPSA) is 90.2 Å². The minimum Gasteiger partial charge on any atom is -0.508 e. The summed E-state index contributed by atoms with van der Waals surface area (Å²) in [5, 5.41) is 41.0. The van der Waals surface area contributed by atoms with Gasteiger partial charge in [0.05, 0.1) is 19.3 Å². The van der Waals surface area contributed by atoms with Crippen LogP contribution in [0.2, 0.25) is 0 Å². The van der Waals surface area contributed by atoms with Crippen molar-refractivity contribution in [3.05, 3.63) is 22.8 Å². The fraction of sp³-hybridized carbons (Fsp3) is 0.739. The highest BCUT2D eigenvalue weighted by Crippen LogP contribution is 2.66. The average molecular weight is 391 g/mol. The van der Waals surface area contributed by atoms with Crippen LogP contribution < -0.4 is 4.74 Å². The van der Waals surface area contributed by atoms with Crippen molar-refractivity contribution in [3.8, 4) is 11.5 Å². The van der Waals surface area contributed by atoms with Gasteiger partial charge >= 0.3 is 0 Å². The van der Waals surface area contributed by atoms with Gasteiger partial charge in [0.25, 0.3) is 0 Å². The first-order chi connectivity index (χ1) is 13.1. The summed E-state index contributed by atoms with van der Waals surface area (Å²) in [6.07, 6.45) is 3.98. The standard InChI is InChI=1S/C23H34O5/c1-13-5-6-18-21(2,3)19(27)7-8-22(18,4)23(13)10-15-17(26)9-14(11-24)16(12-25)20(15)28-23/h9,13,18-19,24-27H,5-8,10-12H2,1-4H3. The number of rotatable bonds is 2. The number of phenolic OH excluding ortho intramolecular Hbond substituents is 1. The van der Waals surface area contributed by atoms with Gasteiger partial charge in [0, 0.05) is 23.0 Å². The molecule has 5 nitrogen and oxygen atoms in total. The predicted molar refractivity (Wildman–Crippen MR) is 106 cm³/mol. The molecule has 2 saturated carbocycles. The van der Waals surface area contributed by atoms with Gasteiger partial charge in [-0.3, -0.25) is 0 Å². The Morgan fingerprint density at radius 1 is 1.11 bits per heavy atom. The van der Waals surface area contributed by atoms with Gasteiger partial charge in [-0.2, -0.15) is 0 Å². The Kier molecular flexibility index (Phi) is 4.53. The molecule has 3 aliphatic rings. The second-order valence-corrected chi connectivity index (χ2v) is 10.1. The van der Waals surface area contributed by atoms with Gasteiger partial charge in [0.1, 0.15) is 17.1 Å². The van der Waals surface area contributed by atoms with E-state index in [2.05, 4.69) is 27.7 Å². The number of hydrogen-bond donors (Lipinski definition) is 4. The van der Waals surface area contributed by atoms with Crippen molar-refractivity contribution in [2.45, 2.75) is 84.7 Å². The van der Waals surface area contributed by atoms with Crippen molar-refractivity contribution in [1.82, 2.24) is 0 Å². The molecule has 2 fully saturated rings. The molecule has 1 spiro atoms. The zero-order valence-corrected chi connectivity index (χ0v) is 17.5. The zero-order chi connectivity index (χ0) is 20.5. The molecule has 5 atom stereocenters. The highest BCUT2D eigenvalue weighted by Gasteiger charge is 2.67. The molecule has 2 aliphatic carbocycles. The maximum Gasteiger partial charge on any atom is 0.133 e. The van der Waals surface area contributed by atoms with Gasteiger partial charge in [0.2, 0.25) is 0 Å². The lowest BCUT2D eigenvalue weighted by Crippen LogP contribution is -2.66. The Bertz CT molecular complexity index is 788. The third-order valence-corrected chi connectivity index (χ3v) is 8.72. The van der Waals surface area contributed by atoms with Gasteiger partial charge in [-0.15, -0.1) is 0 Å². The number of aromatic hydroxyl groups is 1. The Labute approximate surface area is 167 Å². The van der Waals surface area contributed by atoms with Crippen LogP contribution in [-0.4, -0.2) is 32.1 Å². The van der Waals surface area contributed by atoms with Crippen LogP contribution >= 0.6 is 0 Å². The minimum absolute atomic E-state index is 0.140. The van der Waals surface area contributed by atoms with Crippen molar-refractivity contribution in [2.24, 2.45) is 22.7 Å². The second kappa shape index (κ2) is 6.35. The summed E-state index contributed by atoms with van der Waals surface area (Å²) in [7, 11) is 0. The van der Waals surface area contributed by atoms with Crippen LogP contribution in [0, 0.1) is 22.7 Å². The van der Waals surface area contributed by atoms with Crippen LogP contribution in [0.5, 0.6) is 11.5 Å². The largest absolute Gasteiger partial charge is 0.508 e. The first-order valence-electron chi connectivity index (χ1n) is 10.6. The molecular weight excluding hydrogens is 356 g/mol. The summed E-state index contributed by atoms with van der Waals surface area (Å²) in [6.45, 7) is 8.40. The maximum absolute atomic E-state index is 10.7. The first-order valence-corrected chi connectivity index (χ1v) is 10.6. The van der Waals surface area contributed by atoms with E-state index in [-0.39, 0.29) is 41.8 Å². The normalized spacial score (nSPS) is 38.8. The molecular formula is C23H34O5. The van der Waals surface area contributed by atoms with Crippen LogP contribution in [0.15, 0.2) is 6.07 Å². The summed E-state index contributed by atoms with van der Waals surface area (Å²) in [5.41, 5.74) is 1.02. The van der Waals surface area contributed by atoms with Crippen LogP contribution in [0.3, 0.4) is 0 Å². The predicted octanol–water partition coefficient (Wildman–Crippen LogP) is 3.28. The molecule has 0 bridgehead atoms. The summed E-state index contributed by atoms with van der Waals surface area (Å²) in [4.78, 5) is 0. The number of ether oxygens (including phenoxy) is 1. The third kappa shape index (κ3) is 2.36. The van der Waals surface area contributed by atoms with Gasteiger partial charge in [-0.1, -0.05) is 27.7 Å². The van der Waals surface area contributed by atoms with E-state index in [0.29, 0.717) is 29.2 Å². The SMILES string of the molecule is CC1CCC2C(C)(C)C(O)CCC2(C)C12Cc1c(O)cc(CO)c(CO)c1O2. The molecule has 1 aromatic carbocycles. The third-order valence-electron chi connectivity index (χ3n) is 8.72. The van der Waals surface area contributed by atoms with Gasteiger partial charge in [-0.05, 0) is 54.6 Å². The molecule has 0 radical (unpaired) electrons. The molecule has 5 unspecified atom stereocenters. The second-order valence-electron chi connectivity index (χ2n) is 10.1. The van der Waals surface area contributed by atoms with Crippen LogP contribution in [0.25, 0.3) is 0 Å². The monoisotopic (exact) mass is 390 g/mol. The summed E-state index contributed by atoms with van der Waals surface area (Å²) >= 11 is 0. The van der Waals surface area contributed by atoms with Gasteiger partial charge in [-0.25, -0.2) is 0 Å². The fourth-order valence-corrected chi connectivity index (χ4v) is 6.91. The van der Waals surface area contributed by atoms with Gasteiger partial charge < -0.3 is 25.2 Å². The van der Waals surface area contributed by atoms with Crippen molar-refractivity contribution < 1.29 is 25.2 Å². The summed E-state index contributed by atoms with van der Waals surface area (Å²) < 4.78 is 6.78. The number of benzene rings is 1. The molecule has 1 aliphatic heterocycles. The van der Waals surface area contributed by atoms with E-state index in [0.717, 1.165) is 31.2 Å². The first kappa shape index (κ1) is 20.0. The Morgan fingerprint density at radius 3 is 2.46 bits per heavy atom. The summed E-state index contributed by atoms with van der Waals surface area (Å²) in [6, 6.07) is 1.56. The van der Waals surface area contributed by atoms with Crippen molar-refractivity contribution in [3.63, 3.8) is 0 Å². The number of aliphatic hydroxyl groups is 3. The van der Waals surface area contributed by atoms with Crippen LogP contribution in [-0.2, 0) is 19.6 Å². The molecule has 4 N–H and O–H groups in total. The lowest BCUT2D eigenvalue weighted by Gasteiger charge is -2.64. The van der Waals surface area contributed by atoms with E-state index in [1.807, 2.05) is 0 Å². The van der Waals surface area contributed by atoms with Crippen LogP contribution in [0.1, 0.15) is 70.1 Å². The molecule has 156 valence electrons. The smallest absolute Gasteiger partial charge is 0.133 e. The van der Waals surface area contributed by atoms with E-state index in [1.165, 1.54) is 0 Å². The molecule has 1 heterocycles. The van der Waals surface area contributed by atoms with Crippen molar-refractivity contribution >= 4 is 0 Å². The Morgan fingerprint density at radius 2 is 1.82 bits per heavy atom. The van der Waals surface area contributed by atoms with E-state index >= 15 is 0 Å². The Hall–Kier alpha value is -1.30. The molecule has 1 aromatic rings. The van der Waals surface area contributed by atoms with E-state index in [4.69, 9.17) is 4.74 Å². The number of aliphatic hydroxyl groups excluding tert-OH is 3. The highest BCUT2D eigenvalue weighted by molar-refractivity contribution is 5.57. The molecule has 0 amide bonds. The lowest BCUT2D eigenvalue weighted by molar-refractivity contribution is -0.210. The molecule has 4 rings (SSSR count). The molecule has 0 saturated heterocycles. The number of fused-ring (bicyclic) bond motifs is 3. The van der Waals surface area contributed by atoms with Gasteiger partial charge in [0.15, 0.2) is 0 Å². The Balaban J connectivity index is 1.86. The van der Waals surface area contributed by atoms with E-state index in [9.17, 15) is 20.4 Å². The van der Waals surface area contributed by atoms with Crippen LogP contribution in [0.4, 0.5) is 0 Å². The number of hydrogen-bond acceptors (Lipinski definition) is 5. The number of phenols is 1. The quantitative estimate of drug-likeness (QED) is 0.622. The minimum atomic E-state index is -0.481. The molecule has 5 heteroatoms. The molecule has 0 aromatic heterocycles. The zero-order valence-electron chi connectivity index (χ0n) is 17.5. The van der Waals surface area contributed by atoms with Crippen molar-refractivity contribution in [2.75, 3.05) is 0 Å². The maximum atomic E-state index is 10.7. The lowest BCUT2D eigenvalue weighted by atomic mass is 9.43. The highest BCUT2D eigenvalue weighted by atomic mass is 16.5. The van der Waals surface area contributed by atoms with E-state index < -0.39 is 5.60 Å². The average Bonchev–Trinajstić information content (AvgIpc) is 3.06. The fourth-order valence-electron chi connectivity index (χ4n) is 6.91. The van der Waals surface area contributed by atoms with E-state index in [1.54, 1.807) is 6.07 Å².